The molecule has 1 amide bonds. The first-order valence-corrected chi connectivity index (χ1v) is 3.55. The molecule has 1 aromatic heterocycles. The third kappa shape index (κ3) is 3.81. The van der Waals surface area contributed by atoms with Gasteiger partial charge >= 0.3 is 12.1 Å². The number of aromatic nitrogens is 3. The fourth-order valence-corrected chi connectivity index (χ4v) is 0.608. The Hall–Kier alpha value is -1.84. The molecule has 15 heavy (non-hydrogen) atoms. The van der Waals surface area contributed by atoms with Crippen LogP contribution in [0, 0.1) is 0 Å². The summed E-state index contributed by atoms with van der Waals surface area (Å²) in [7, 11) is 0. The van der Waals surface area contributed by atoms with Crippen molar-refractivity contribution in [1.29, 1.82) is 0 Å². The predicted molar refractivity (Wildman–Crippen MR) is 40.3 cm³/mol. The summed E-state index contributed by atoms with van der Waals surface area (Å²) in [6, 6.07) is 0. The maximum atomic E-state index is 11.6. The van der Waals surface area contributed by atoms with E-state index in [1.807, 2.05) is 0 Å². The van der Waals surface area contributed by atoms with Gasteiger partial charge in [-0.2, -0.15) is 18.2 Å². The van der Waals surface area contributed by atoms with Crippen molar-refractivity contribution in [2.24, 2.45) is 0 Å². The third-order valence-electron chi connectivity index (χ3n) is 1.12. The number of hydrogen-bond acceptors (Lipinski definition) is 5. The number of carbonyl (C=O) groups excluding carboxylic acids is 1. The predicted octanol–water partition coefficient (Wildman–Crippen LogP) is -0.389. The third-order valence-corrected chi connectivity index (χ3v) is 1.12. The minimum atomic E-state index is -4.52. The van der Waals surface area contributed by atoms with Crippen molar-refractivity contribution in [3.05, 3.63) is 5.82 Å². The maximum absolute atomic E-state index is 11.6. The normalized spacial score (nSPS) is 11.4. The number of rotatable bonds is 3. The summed E-state index contributed by atoms with van der Waals surface area (Å²) < 4.78 is 34.7. The van der Waals surface area contributed by atoms with Gasteiger partial charge in [0.25, 0.3) is 0 Å². The largest absolute Gasteiger partial charge is 0.414 e. The van der Waals surface area contributed by atoms with Gasteiger partial charge in [0.15, 0.2) is 6.61 Å². The molecule has 0 bridgehead atoms. The van der Waals surface area contributed by atoms with Gasteiger partial charge in [-0.25, -0.2) is 5.48 Å². The Morgan fingerprint density at radius 1 is 1.60 bits per heavy atom. The molecule has 0 aliphatic carbocycles. The van der Waals surface area contributed by atoms with Crippen LogP contribution in [-0.4, -0.2) is 33.9 Å². The number of nitrogens with two attached hydrogens (primary N) is 1. The molecule has 10 heteroatoms. The lowest BCUT2D eigenvalue weighted by atomic mass is 10.6. The first-order chi connectivity index (χ1) is 6.88. The van der Waals surface area contributed by atoms with E-state index in [0.717, 1.165) is 0 Å². The molecule has 0 saturated heterocycles. The molecule has 7 nitrogen and oxygen atoms in total. The summed E-state index contributed by atoms with van der Waals surface area (Å²) in [5.41, 5.74) is 6.58. The van der Waals surface area contributed by atoms with Crippen molar-refractivity contribution < 1.29 is 22.8 Å². The van der Waals surface area contributed by atoms with Gasteiger partial charge in [0.1, 0.15) is 0 Å². The molecule has 0 aliphatic heterocycles. The van der Waals surface area contributed by atoms with Crippen LogP contribution in [0.5, 0.6) is 0 Å². The summed E-state index contributed by atoms with van der Waals surface area (Å²) in [6.45, 7) is -1.59. The highest BCUT2D eigenvalue weighted by Gasteiger charge is 2.28. The number of aromatic amines is 1. The Morgan fingerprint density at radius 3 is 2.73 bits per heavy atom. The number of nitrogens with one attached hydrogen (secondary N) is 2. The number of hydroxylamine groups is 1. The van der Waals surface area contributed by atoms with E-state index in [0.29, 0.717) is 0 Å². The monoisotopic (exact) mass is 225 g/mol. The Kier molecular flexibility index (Phi) is 3.09. The van der Waals surface area contributed by atoms with E-state index in [2.05, 4.69) is 20.0 Å². The second-order valence-corrected chi connectivity index (χ2v) is 2.38. The molecular weight excluding hydrogens is 219 g/mol. The molecule has 1 heterocycles. The first-order valence-electron chi connectivity index (χ1n) is 3.55. The van der Waals surface area contributed by atoms with Gasteiger partial charge in [-0.05, 0) is 0 Å². The minimum absolute atomic E-state index is 0.198. The van der Waals surface area contributed by atoms with E-state index >= 15 is 0 Å². The van der Waals surface area contributed by atoms with Crippen molar-refractivity contribution >= 4 is 11.9 Å². The topological polar surface area (TPSA) is 106 Å². The Labute approximate surface area is 80.8 Å². The fraction of sp³-hybridized carbons (Fsp3) is 0.400. The highest BCUT2D eigenvalue weighted by molar-refractivity contribution is 5.89. The van der Waals surface area contributed by atoms with E-state index in [4.69, 9.17) is 5.73 Å². The average molecular weight is 225 g/mol. The first kappa shape index (κ1) is 11.2. The quantitative estimate of drug-likeness (QED) is 0.607. The van der Waals surface area contributed by atoms with Crippen molar-refractivity contribution in [1.82, 2.24) is 20.7 Å². The van der Waals surface area contributed by atoms with E-state index in [1.54, 1.807) is 0 Å². The van der Waals surface area contributed by atoms with Crippen LogP contribution in [0.3, 0.4) is 0 Å². The summed E-state index contributed by atoms with van der Waals surface area (Å²) in [5.74, 6) is -1.53. The number of nitrogen functional groups attached to an aromatic ring is 1. The number of H-pyrrole nitrogens is 1. The van der Waals surface area contributed by atoms with Gasteiger partial charge in [-0.1, -0.05) is 0 Å². The van der Waals surface area contributed by atoms with Crippen molar-refractivity contribution in [2.75, 3.05) is 12.3 Å². The number of anilines is 1. The van der Waals surface area contributed by atoms with Crippen LogP contribution in [0.15, 0.2) is 0 Å². The highest BCUT2D eigenvalue weighted by Crippen LogP contribution is 2.13. The maximum Gasteiger partial charge on any atom is 0.414 e. The lowest BCUT2D eigenvalue weighted by Gasteiger charge is -2.06. The van der Waals surface area contributed by atoms with E-state index in [9.17, 15) is 18.0 Å². The standard InChI is InChI=1S/C5H6F3N5O2/c6-5(7,8)1-15-13-3(14)2-10-4(9)12-11-2/h1H2,(H,13,14)(H3,9,10,11,12). The van der Waals surface area contributed by atoms with Crippen LogP contribution >= 0.6 is 0 Å². The summed E-state index contributed by atoms with van der Waals surface area (Å²) in [6.07, 6.45) is -4.52. The van der Waals surface area contributed by atoms with E-state index < -0.39 is 18.7 Å². The molecule has 0 atom stereocenters. The number of hydrogen-bond donors (Lipinski definition) is 3. The summed E-state index contributed by atoms with van der Waals surface area (Å²) >= 11 is 0. The molecule has 0 aliphatic rings. The van der Waals surface area contributed by atoms with Gasteiger partial charge in [0, 0.05) is 0 Å². The summed E-state index contributed by atoms with van der Waals surface area (Å²) in [4.78, 5) is 18.2. The zero-order valence-corrected chi connectivity index (χ0v) is 7.13. The zero-order chi connectivity index (χ0) is 11.5. The number of amides is 1. The second kappa shape index (κ2) is 4.13. The number of halogens is 3. The highest BCUT2D eigenvalue weighted by atomic mass is 19.4. The molecule has 4 N–H and O–H groups in total. The number of alkyl halides is 3. The molecule has 84 valence electrons. The summed E-state index contributed by atoms with van der Waals surface area (Å²) in [5, 5.41) is 5.39. The SMILES string of the molecule is Nc1n[nH]c(C(=O)NOCC(F)(F)F)n1. The Morgan fingerprint density at radius 2 is 2.27 bits per heavy atom. The molecule has 1 aromatic rings. The van der Waals surface area contributed by atoms with Gasteiger partial charge in [-0.15, -0.1) is 5.10 Å². The molecular formula is C5H6F3N5O2. The zero-order valence-electron chi connectivity index (χ0n) is 7.13. The molecule has 0 aromatic carbocycles. The van der Waals surface area contributed by atoms with Crippen LogP contribution in [0.4, 0.5) is 19.1 Å². The van der Waals surface area contributed by atoms with Crippen molar-refractivity contribution in [3.63, 3.8) is 0 Å². The average Bonchev–Trinajstić information content (AvgIpc) is 2.49. The smallest absolute Gasteiger partial charge is 0.366 e. The molecule has 0 spiro atoms. The second-order valence-electron chi connectivity index (χ2n) is 2.38. The molecule has 0 fully saturated rings. The van der Waals surface area contributed by atoms with E-state index in [1.165, 1.54) is 5.48 Å². The lowest BCUT2D eigenvalue weighted by Crippen LogP contribution is -2.30. The van der Waals surface area contributed by atoms with Crippen molar-refractivity contribution in [3.8, 4) is 0 Å². The number of nitrogens with zero attached hydrogens (tertiary/aromatic N) is 2. The van der Waals surface area contributed by atoms with Gasteiger partial charge in [0.2, 0.25) is 11.8 Å². The Balaban J connectivity index is 2.37. The minimum Gasteiger partial charge on any atom is -0.366 e. The van der Waals surface area contributed by atoms with Crippen molar-refractivity contribution in [2.45, 2.75) is 6.18 Å². The fourth-order valence-electron chi connectivity index (χ4n) is 0.608. The van der Waals surface area contributed by atoms with Crippen LogP contribution < -0.4 is 11.2 Å². The van der Waals surface area contributed by atoms with Gasteiger partial charge in [0.05, 0.1) is 0 Å². The van der Waals surface area contributed by atoms with E-state index in [-0.39, 0.29) is 11.8 Å². The van der Waals surface area contributed by atoms with Crippen LogP contribution in [0.2, 0.25) is 0 Å². The van der Waals surface area contributed by atoms with Crippen LogP contribution in [0.25, 0.3) is 0 Å². The van der Waals surface area contributed by atoms with Crippen LogP contribution in [0.1, 0.15) is 10.6 Å². The lowest BCUT2D eigenvalue weighted by molar-refractivity contribution is -0.184. The molecule has 0 unspecified atom stereocenters. The molecule has 1 rings (SSSR count). The number of carbonyl (C=O) groups is 1. The molecule has 0 saturated carbocycles. The van der Waals surface area contributed by atoms with Gasteiger partial charge < -0.3 is 5.73 Å². The molecule has 0 radical (unpaired) electrons. The Bertz CT molecular complexity index is 349. The van der Waals surface area contributed by atoms with Gasteiger partial charge in [-0.3, -0.25) is 14.7 Å². The van der Waals surface area contributed by atoms with Crippen LogP contribution in [-0.2, 0) is 4.84 Å².